The van der Waals surface area contributed by atoms with Crippen molar-refractivity contribution in [2.45, 2.75) is 0 Å². The Hall–Kier alpha value is -3.79. The topological polar surface area (TPSA) is 84.9 Å². The fourth-order valence-electron chi connectivity index (χ4n) is 2.69. The average Bonchev–Trinajstić information content (AvgIpc) is 2.96. The summed E-state index contributed by atoms with van der Waals surface area (Å²) >= 11 is 0. The Balaban J connectivity index is 1.44. The molecule has 0 aliphatic carbocycles. The molecule has 28 heavy (non-hydrogen) atoms. The minimum atomic E-state index is -0.466. The number of ether oxygens (including phenoxy) is 2. The number of carbonyl (C=O) groups excluding carboxylic acids is 3. The second-order valence-electron chi connectivity index (χ2n) is 5.81. The van der Waals surface area contributed by atoms with Crippen molar-refractivity contribution < 1.29 is 23.9 Å². The van der Waals surface area contributed by atoms with Crippen LogP contribution in [0, 0.1) is 11.8 Å². The van der Waals surface area contributed by atoms with Gasteiger partial charge >= 0.3 is 0 Å². The second-order valence-corrected chi connectivity index (χ2v) is 5.81. The van der Waals surface area contributed by atoms with Gasteiger partial charge in [-0.15, -0.1) is 0 Å². The van der Waals surface area contributed by atoms with Gasteiger partial charge in [0.1, 0.15) is 13.2 Å². The summed E-state index contributed by atoms with van der Waals surface area (Å²) in [5, 5.41) is 2.56. The van der Waals surface area contributed by atoms with E-state index in [0.717, 1.165) is 4.90 Å². The van der Waals surface area contributed by atoms with Crippen LogP contribution in [0.15, 0.2) is 48.5 Å². The van der Waals surface area contributed by atoms with Crippen LogP contribution in [0.2, 0.25) is 0 Å². The molecule has 0 unspecified atom stereocenters. The fourth-order valence-corrected chi connectivity index (χ4v) is 2.69. The van der Waals surface area contributed by atoms with Gasteiger partial charge < -0.3 is 14.8 Å². The Kier molecular flexibility index (Phi) is 5.92. The van der Waals surface area contributed by atoms with Crippen LogP contribution >= 0.6 is 0 Å². The lowest BCUT2D eigenvalue weighted by atomic mass is 10.1. The molecule has 3 amide bonds. The Bertz CT molecular complexity index is 939. The summed E-state index contributed by atoms with van der Waals surface area (Å²) in [6, 6.07) is 13.7. The van der Waals surface area contributed by atoms with Crippen molar-refractivity contribution in [3.63, 3.8) is 0 Å². The molecule has 0 saturated carbocycles. The molecule has 0 bridgehead atoms. The Morgan fingerprint density at radius 1 is 0.964 bits per heavy atom. The zero-order valence-electron chi connectivity index (χ0n) is 15.2. The van der Waals surface area contributed by atoms with E-state index in [1.54, 1.807) is 43.5 Å². The van der Waals surface area contributed by atoms with Crippen LogP contribution in [0.1, 0.15) is 20.7 Å². The van der Waals surface area contributed by atoms with Gasteiger partial charge in [-0.25, -0.2) is 0 Å². The highest BCUT2D eigenvalue weighted by Crippen LogP contribution is 2.25. The van der Waals surface area contributed by atoms with Gasteiger partial charge in [-0.2, -0.15) is 0 Å². The van der Waals surface area contributed by atoms with Crippen molar-refractivity contribution in [1.29, 1.82) is 0 Å². The third kappa shape index (κ3) is 4.13. The standard InChI is InChI=1S/C21H18N2O5/c1-27-17-10-4-5-11-18(17)28-13-7-6-12-22-19(24)14-23-20(25)15-8-2-3-9-16(15)21(23)26/h2-5,8-11H,12-14H2,1H3,(H,22,24). The third-order valence-corrected chi connectivity index (χ3v) is 4.05. The first-order valence-corrected chi connectivity index (χ1v) is 8.55. The largest absolute Gasteiger partial charge is 0.493 e. The van der Waals surface area contributed by atoms with Crippen molar-refractivity contribution >= 4 is 17.7 Å². The number of fused-ring (bicyclic) bond motifs is 1. The minimum absolute atomic E-state index is 0.0806. The molecule has 1 aliphatic heterocycles. The summed E-state index contributed by atoms with van der Waals surface area (Å²) in [6.07, 6.45) is 0. The first-order valence-electron chi connectivity index (χ1n) is 8.55. The highest BCUT2D eigenvalue weighted by Gasteiger charge is 2.36. The maximum atomic E-state index is 12.2. The minimum Gasteiger partial charge on any atom is -0.493 e. The van der Waals surface area contributed by atoms with Crippen LogP contribution in [0.25, 0.3) is 0 Å². The summed E-state index contributed by atoms with van der Waals surface area (Å²) < 4.78 is 10.7. The smallest absolute Gasteiger partial charge is 0.262 e. The zero-order chi connectivity index (χ0) is 19.9. The molecule has 7 heteroatoms. The summed E-state index contributed by atoms with van der Waals surface area (Å²) in [4.78, 5) is 37.4. The van der Waals surface area contributed by atoms with E-state index in [1.165, 1.54) is 0 Å². The lowest BCUT2D eigenvalue weighted by Crippen LogP contribution is -2.40. The maximum absolute atomic E-state index is 12.2. The molecule has 1 N–H and O–H groups in total. The Morgan fingerprint density at radius 2 is 1.57 bits per heavy atom. The predicted molar refractivity (Wildman–Crippen MR) is 101 cm³/mol. The van der Waals surface area contributed by atoms with E-state index in [1.807, 2.05) is 12.1 Å². The molecule has 0 saturated heterocycles. The van der Waals surface area contributed by atoms with Crippen LogP contribution < -0.4 is 14.8 Å². The van der Waals surface area contributed by atoms with Crippen LogP contribution in [-0.2, 0) is 4.79 Å². The number of carbonyl (C=O) groups is 3. The van der Waals surface area contributed by atoms with Gasteiger partial charge in [0.15, 0.2) is 11.5 Å². The molecule has 7 nitrogen and oxygen atoms in total. The van der Waals surface area contributed by atoms with Crippen LogP contribution in [-0.4, -0.2) is 49.4 Å². The molecule has 1 heterocycles. The Morgan fingerprint density at radius 3 is 2.21 bits per heavy atom. The summed E-state index contributed by atoms with van der Waals surface area (Å²) in [6.45, 7) is -0.127. The molecule has 0 spiro atoms. The van der Waals surface area contributed by atoms with E-state index < -0.39 is 17.7 Å². The first-order chi connectivity index (χ1) is 13.6. The van der Waals surface area contributed by atoms with Crippen LogP contribution in [0.5, 0.6) is 11.5 Å². The van der Waals surface area contributed by atoms with Gasteiger partial charge in [-0.1, -0.05) is 36.1 Å². The number of para-hydroxylation sites is 2. The lowest BCUT2D eigenvalue weighted by molar-refractivity contribution is -0.121. The fraction of sp³-hybridized carbons (Fsp3) is 0.190. The number of methoxy groups -OCH3 is 1. The molecule has 0 radical (unpaired) electrons. The van der Waals surface area contributed by atoms with Gasteiger partial charge in [0.05, 0.1) is 24.8 Å². The summed E-state index contributed by atoms with van der Waals surface area (Å²) in [5.41, 5.74) is 0.627. The van der Waals surface area contributed by atoms with Gasteiger partial charge in [0.25, 0.3) is 11.8 Å². The van der Waals surface area contributed by atoms with E-state index in [4.69, 9.17) is 9.47 Å². The second kappa shape index (κ2) is 8.73. The number of nitrogens with zero attached hydrogens (tertiary/aromatic N) is 1. The molecule has 142 valence electrons. The number of imide groups is 1. The van der Waals surface area contributed by atoms with Gasteiger partial charge in [0, 0.05) is 0 Å². The van der Waals surface area contributed by atoms with E-state index in [2.05, 4.69) is 17.2 Å². The lowest BCUT2D eigenvalue weighted by Gasteiger charge is -2.12. The van der Waals surface area contributed by atoms with Crippen molar-refractivity contribution in [2.75, 3.05) is 26.8 Å². The molecule has 0 fully saturated rings. The zero-order valence-corrected chi connectivity index (χ0v) is 15.2. The van der Waals surface area contributed by atoms with Crippen LogP contribution in [0.3, 0.4) is 0 Å². The monoisotopic (exact) mass is 378 g/mol. The van der Waals surface area contributed by atoms with Crippen molar-refractivity contribution in [3.05, 3.63) is 59.7 Å². The van der Waals surface area contributed by atoms with E-state index in [-0.39, 0.29) is 19.7 Å². The van der Waals surface area contributed by atoms with Gasteiger partial charge in [-0.3, -0.25) is 19.3 Å². The molecule has 0 atom stereocenters. The van der Waals surface area contributed by atoms with Gasteiger partial charge in [0.2, 0.25) is 5.91 Å². The van der Waals surface area contributed by atoms with Crippen molar-refractivity contribution in [2.24, 2.45) is 0 Å². The molecular formula is C21H18N2O5. The molecule has 3 rings (SSSR count). The molecular weight excluding hydrogens is 360 g/mol. The Labute approximate surface area is 162 Å². The normalized spacial score (nSPS) is 12.1. The SMILES string of the molecule is COc1ccccc1OCC#CCNC(=O)CN1C(=O)c2ccccc2C1=O. The highest BCUT2D eigenvalue weighted by atomic mass is 16.5. The highest BCUT2D eigenvalue weighted by molar-refractivity contribution is 6.22. The number of benzene rings is 2. The van der Waals surface area contributed by atoms with Crippen LogP contribution in [0.4, 0.5) is 0 Å². The van der Waals surface area contributed by atoms with E-state index in [0.29, 0.717) is 22.6 Å². The molecule has 2 aromatic rings. The summed E-state index contributed by atoms with van der Waals surface area (Å²) in [7, 11) is 1.55. The number of hydrogen-bond donors (Lipinski definition) is 1. The van der Waals surface area contributed by atoms with E-state index in [9.17, 15) is 14.4 Å². The quantitative estimate of drug-likeness (QED) is 0.608. The molecule has 1 aliphatic rings. The maximum Gasteiger partial charge on any atom is 0.262 e. The first kappa shape index (κ1) is 19.0. The number of rotatable bonds is 6. The predicted octanol–water partition coefficient (Wildman–Crippen LogP) is 1.49. The molecule has 2 aromatic carbocycles. The average molecular weight is 378 g/mol. The number of amides is 3. The number of hydrogen-bond acceptors (Lipinski definition) is 5. The van der Waals surface area contributed by atoms with Crippen molar-refractivity contribution in [3.8, 4) is 23.3 Å². The summed E-state index contributed by atoms with van der Waals surface area (Å²) in [5.74, 6) is 5.32. The third-order valence-electron chi connectivity index (χ3n) is 4.05. The number of nitrogens with one attached hydrogen (secondary N) is 1. The molecule has 0 aromatic heterocycles. The van der Waals surface area contributed by atoms with Gasteiger partial charge in [-0.05, 0) is 24.3 Å². The van der Waals surface area contributed by atoms with Crippen molar-refractivity contribution in [1.82, 2.24) is 10.2 Å². The van der Waals surface area contributed by atoms with E-state index >= 15 is 0 Å².